The number of anilines is 1. The lowest BCUT2D eigenvalue weighted by Gasteiger charge is -2.28. The molecule has 2 N–H and O–H groups in total. The standard InChI is InChI=1S/C22H29N5O2/c1-14-12-23-21(11-18(14)19-13-24-27-9-4-3-8-20(19)27)26-22(29)16-6-5-7-17(10-16)25-15(2)28/h11-13,16-17H,3-10H2,1-2H3,(H,25,28)(H,23,26,29)/t16-,17+/m0/s1. The van der Waals surface area contributed by atoms with E-state index >= 15 is 0 Å². The Kier molecular flexibility index (Phi) is 5.65. The van der Waals surface area contributed by atoms with Gasteiger partial charge in [0.05, 0.1) is 6.20 Å². The molecule has 4 rings (SSSR count). The first kappa shape index (κ1) is 19.6. The Hall–Kier alpha value is -2.70. The highest BCUT2D eigenvalue weighted by Gasteiger charge is 2.28. The van der Waals surface area contributed by atoms with Crippen LogP contribution in [0.5, 0.6) is 0 Å². The van der Waals surface area contributed by atoms with E-state index in [0.717, 1.165) is 48.9 Å². The Labute approximate surface area is 171 Å². The summed E-state index contributed by atoms with van der Waals surface area (Å²) in [5, 5.41) is 10.5. The number of carbonyl (C=O) groups excluding carboxylic acids is 2. The van der Waals surface area contributed by atoms with Crippen LogP contribution in [0.15, 0.2) is 18.5 Å². The van der Waals surface area contributed by atoms with Crippen molar-refractivity contribution in [2.45, 2.75) is 71.4 Å². The minimum Gasteiger partial charge on any atom is -0.354 e. The van der Waals surface area contributed by atoms with Crippen LogP contribution in [0.2, 0.25) is 0 Å². The van der Waals surface area contributed by atoms with E-state index in [1.54, 1.807) is 0 Å². The molecule has 1 fully saturated rings. The van der Waals surface area contributed by atoms with Crippen molar-refractivity contribution in [2.75, 3.05) is 5.32 Å². The van der Waals surface area contributed by atoms with E-state index in [1.807, 2.05) is 25.4 Å². The zero-order valence-corrected chi connectivity index (χ0v) is 17.2. The minimum absolute atomic E-state index is 0.0145. The van der Waals surface area contributed by atoms with Crippen molar-refractivity contribution in [1.29, 1.82) is 0 Å². The van der Waals surface area contributed by atoms with Crippen molar-refractivity contribution in [1.82, 2.24) is 20.1 Å². The van der Waals surface area contributed by atoms with Crippen molar-refractivity contribution < 1.29 is 9.59 Å². The molecule has 2 amide bonds. The van der Waals surface area contributed by atoms with Gasteiger partial charge in [-0.3, -0.25) is 14.3 Å². The normalized spacial score (nSPS) is 21.3. The second-order valence-electron chi connectivity index (χ2n) is 8.32. The Bertz CT molecular complexity index is 920. The molecule has 0 unspecified atom stereocenters. The van der Waals surface area contributed by atoms with Crippen molar-refractivity contribution >= 4 is 17.6 Å². The zero-order chi connectivity index (χ0) is 20.4. The molecule has 2 aromatic rings. The summed E-state index contributed by atoms with van der Waals surface area (Å²) in [6.07, 6.45) is 10.5. The number of nitrogens with one attached hydrogen (secondary N) is 2. The quantitative estimate of drug-likeness (QED) is 0.832. The molecule has 29 heavy (non-hydrogen) atoms. The Morgan fingerprint density at radius 3 is 2.83 bits per heavy atom. The molecule has 1 aliphatic carbocycles. The maximum absolute atomic E-state index is 12.8. The molecular weight excluding hydrogens is 366 g/mol. The monoisotopic (exact) mass is 395 g/mol. The van der Waals surface area contributed by atoms with E-state index in [-0.39, 0.29) is 23.8 Å². The second kappa shape index (κ2) is 8.35. The number of aryl methyl sites for hydroxylation is 2. The van der Waals surface area contributed by atoms with E-state index in [2.05, 4.69) is 25.4 Å². The van der Waals surface area contributed by atoms with E-state index < -0.39 is 0 Å². The molecule has 2 aromatic heterocycles. The number of carbonyl (C=O) groups is 2. The first-order valence-corrected chi connectivity index (χ1v) is 10.6. The van der Waals surface area contributed by atoms with E-state index in [0.29, 0.717) is 12.2 Å². The fourth-order valence-corrected chi connectivity index (χ4v) is 4.60. The summed E-state index contributed by atoms with van der Waals surface area (Å²) in [4.78, 5) is 28.6. The van der Waals surface area contributed by atoms with Crippen molar-refractivity contribution in [3.63, 3.8) is 0 Å². The molecule has 154 valence electrons. The summed E-state index contributed by atoms with van der Waals surface area (Å²) in [6, 6.07) is 2.05. The van der Waals surface area contributed by atoms with Crippen LogP contribution in [-0.2, 0) is 22.6 Å². The maximum Gasteiger partial charge on any atom is 0.228 e. The lowest BCUT2D eigenvalue weighted by atomic mass is 9.85. The highest BCUT2D eigenvalue weighted by atomic mass is 16.2. The molecule has 7 nitrogen and oxygen atoms in total. The highest BCUT2D eigenvalue weighted by molar-refractivity contribution is 5.92. The van der Waals surface area contributed by atoms with Gasteiger partial charge in [-0.2, -0.15) is 5.10 Å². The van der Waals surface area contributed by atoms with Crippen LogP contribution in [0, 0.1) is 12.8 Å². The van der Waals surface area contributed by atoms with Crippen LogP contribution in [0.3, 0.4) is 0 Å². The van der Waals surface area contributed by atoms with Crippen LogP contribution in [0.1, 0.15) is 56.7 Å². The molecule has 7 heteroatoms. The number of fused-ring (bicyclic) bond motifs is 1. The number of nitrogens with zero attached hydrogens (tertiary/aromatic N) is 3. The van der Waals surface area contributed by atoms with Crippen molar-refractivity contribution in [3.05, 3.63) is 29.7 Å². The van der Waals surface area contributed by atoms with Gasteiger partial charge in [-0.05, 0) is 62.6 Å². The van der Waals surface area contributed by atoms with Crippen molar-refractivity contribution in [3.8, 4) is 11.1 Å². The summed E-state index contributed by atoms with van der Waals surface area (Å²) in [5.41, 5.74) is 4.57. The summed E-state index contributed by atoms with van der Waals surface area (Å²) < 4.78 is 2.10. The maximum atomic E-state index is 12.8. The van der Waals surface area contributed by atoms with Crippen LogP contribution >= 0.6 is 0 Å². The van der Waals surface area contributed by atoms with Gasteiger partial charge >= 0.3 is 0 Å². The van der Waals surface area contributed by atoms with E-state index in [1.165, 1.54) is 25.5 Å². The number of amides is 2. The first-order chi connectivity index (χ1) is 14.0. The topological polar surface area (TPSA) is 88.9 Å². The molecule has 2 atom stereocenters. The number of pyridine rings is 1. The molecule has 0 bridgehead atoms. The molecule has 3 heterocycles. The van der Waals surface area contributed by atoms with Gasteiger partial charge in [-0.25, -0.2) is 4.98 Å². The first-order valence-electron chi connectivity index (χ1n) is 10.6. The lowest BCUT2D eigenvalue weighted by Crippen LogP contribution is -2.40. The fraction of sp³-hybridized carbons (Fsp3) is 0.545. The van der Waals surface area contributed by atoms with Crippen molar-refractivity contribution in [2.24, 2.45) is 5.92 Å². The third kappa shape index (κ3) is 4.33. The van der Waals surface area contributed by atoms with Crippen LogP contribution in [0.4, 0.5) is 5.82 Å². The predicted octanol–water partition coefficient (Wildman–Crippen LogP) is 3.22. The third-order valence-corrected chi connectivity index (χ3v) is 6.08. The number of rotatable bonds is 4. The van der Waals surface area contributed by atoms with Gasteiger partial charge in [0.25, 0.3) is 0 Å². The summed E-state index contributed by atoms with van der Waals surface area (Å²) >= 11 is 0. The molecule has 0 saturated heterocycles. The zero-order valence-electron chi connectivity index (χ0n) is 17.2. The van der Waals surface area contributed by atoms with E-state index in [4.69, 9.17) is 0 Å². The molecule has 0 radical (unpaired) electrons. The van der Waals surface area contributed by atoms with Gasteiger partial charge in [-0.15, -0.1) is 0 Å². The molecule has 2 aliphatic rings. The number of hydrogen-bond acceptors (Lipinski definition) is 4. The minimum atomic E-state index is -0.101. The van der Waals surface area contributed by atoms with Gasteiger partial charge < -0.3 is 10.6 Å². The second-order valence-corrected chi connectivity index (χ2v) is 8.32. The Morgan fingerprint density at radius 2 is 2.00 bits per heavy atom. The average molecular weight is 396 g/mol. The van der Waals surface area contributed by atoms with Gasteiger partial charge in [0, 0.05) is 42.9 Å². The van der Waals surface area contributed by atoms with Crippen LogP contribution in [-0.4, -0.2) is 32.6 Å². The van der Waals surface area contributed by atoms with Gasteiger partial charge in [0.1, 0.15) is 5.82 Å². The average Bonchev–Trinajstić information content (AvgIpc) is 3.13. The predicted molar refractivity (Wildman–Crippen MR) is 111 cm³/mol. The lowest BCUT2D eigenvalue weighted by molar-refractivity contribution is -0.123. The molecule has 0 aromatic carbocycles. The molecule has 1 aliphatic heterocycles. The summed E-state index contributed by atoms with van der Waals surface area (Å²) in [7, 11) is 0. The summed E-state index contributed by atoms with van der Waals surface area (Å²) in [5.74, 6) is 0.425. The van der Waals surface area contributed by atoms with Gasteiger partial charge in [-0.1, -0.05) is 6.42 Å². The van der Waals surface area contributed by atoms with Gasteiger partial charge in [0.2, 0.25) is 11.8 Å². The summed E-state index contributed by atoms with van der Waals surface area (Å²) in [6.45, 7) is 4.54. The smallest absolute Gasteiger partial charge is 0.228 e. The van der Waals surface area contributed by atoms with Crippen LogP contribution < -0.4 is 10.6 Å². The Balaban J connectivity index is 1.50. The largest absolute Gasteiger partial charge is 0.354 e. The molecule has 0 spiro atoms. The van der Waals surface area contributed by atoms with E-state index in [9.17, 15) is 9.59 Å². The number of aromatic nitrogens is 3. The van der Waals surface area contributed by atoms with Crippen LogP contribution in [0.25, 0.3) is 11.1 Å². The molecular formula is C22H29N5O2. The number of hydrogen-bond donors (Lipinski definition) is 2. The highest BCUT2D eigenvalue weighted by Crippen LogP contribution is 2.32. The molecule has 1 saturated carbocycles. The Morgan fingerprint density at radius 1 is 1.14 bits per heavy atom. The SMILES string of the molecule is CC(=O)N[C@@H]1CCC[C@H](C(=O)Nc2cc(-c3cnn4c3CCCC4)c(C)cn2)C1. The fourth-order valence-electron chi connectivity index (χ4n) is 4.60. The third-order valence-electron chi connectivity index (χ3n) is 6.08. The van der Waals surface area contributed by atoms with Gasteiger partial charge in [0.15, 0.2) is 0 Å².